The topological polar surface area (TPSA) is 93.6 Å². The van der Waals surface area contributed by atoms with E-state index in [0.717, 1.165) is 11.1 Å². The predicted octanol–water partition coefficient (Wildman–Crippen LogP) is 5.35. The first-order valence-corrected chi connectivity index (χ1v) is 9.26. The van der Waals surface area contributed by atoms with E-state index in [1.54, 1.807) is 38.5 Å². The monoisotopic (exact) mass is 415 g/mol. The first kappa shape index (κ1) is 20.7. The van der Waals surface area contributed by atoms with Crippen LogP contribution in [0.1, 0.15) is 26.3 Å². The summed E-state index contributed by atoms with van der Waals surface area (Å²) in [6.07, 6.45) is -1.14. The van der Waals surface area contributed by atoms with Gasteiger partial charge in [0.05, 0.1) is 25.4 Å². The number of anilines is 1. The lowest BCUT2D eigenvalue weighted by Crippen LogP contribution is -2.14. The zero-order chi connectivity index (χ0) is 21.3. The van der Waals surface area contributed by atoms with Crippen LogP contribution >= 0.6 is 11.6 Å². The van der Waals surface area contributed by atoms with Crippen LogP contribution in [0.4, 0.5) is 10.5 Å². The Morgan fingerprint density at radius 2 is 1.72 bits per heavy atom. The maximum Gasteiger partial charge on any atom is 0.409 e. The molecule has 8 heteroatoms. The highest BCUT2D eigenvalue weighted by atomic mass is 35.5. The lowest BCUT2D eigenvalue weighted by Gasteiger charge is -2.24. The largest absolute Gasteiger partial charge is 0.493 e. The van der Waals surface area contributed by atoms with Crippen molar-refractivity contribution in [3.63, 3.8) is 0 Å². The molecule has 0 radical (unpaired) electrons. The molecule has 0 unspecified atom stereocenters. The first-order valence-electron chi connectivity index (χ1n) is 8.88. The Labute approximate surface area is 173 Å². The molecule has 0 spiro atoms. The quantitative estimate of drug-likeness (QED) is 0.557. The highest BCUT2D eigenvalue weighted by molar-refractivity contribution is 6.29. The molecular formula is C21H22ClN3O4. The number of hydrogen-bond acceptors (Lipinski definition) is 5. The molecule has 0 saturated carbocycles. The number of rotatable bonds is 4. The number of carboxylic acid groups (broad SMARTS) is 1. The Bertz CT molecular complexity index is 1090. The van der Waals surface area contributed by atoms with Crippen molar-refractivity contribution in [2.75, 3.05) is 19.5 Å². The van der Waals surface area contributed by atoms with Gasteiger partial charge < -0.3 is 14.6 Å². The second-order valence-electron chi connectivity index (χ2n) is 7.51. The van der Waals surface area contributed by atoms with E-state index >= 15 is 0 Å². The predicted molar refractivity (Wildman–Crippen MR) is 113 cm³/mol. The zero-order valence-electron chi connectivity index (χ0n) is 16.8. The number of amides is 1. The van der Waals surface area contributed by atoms with Gasteiger partial charge in [-0.1, -0.05) is 26.8 Å². The third-order valence-corrected chi connectivity index (χ3v) is 4.68. The van der Waals surface area contributed by atoms with Crippen molar-refractivity contribution in [3.8, 4) is 22.8 Å². The third-order valence-electron chi connectivity index (χ3n) is 4.51. The number of nitrogens with one attached hydrogen (secondary N) is 1. The SMILES string of the molecule is COc1cc2nc(Cl)nc(-c3cc(NC(=O)O)ccc3C(C)(C)C)c2cc1OC. The van der Waals surface area contributed by atoms with Crippen LogP contribution in [0.25, 0.3) is 22.2 Å². The summed E-state index contributed by atoms with van der Waals surface area (Å²) >= 11 is 6.23. The molecule has 1 amide bonds. The van der Waals surface area contributed by atoms with Gasteiger partial charge in [-0.25, -0.2) is 14.8 Å². The molecule has 2 N–H and O–H groups in total. The second kappa shape index (κ2) is 7.75. The van der Waals surface area contributed by atoms with Gasteiger partial charge in [0.1, 0.15) is 0 Å². The number of carbonyl (C=O) groups is 1. The van der Waals surface area contributed by atoms with Crippen LogP contribution in [-0.4, -0.2) is 35.4 Å². The fraction of sp³-hybridized carbons (Fsp3) is 0.286. The molecule has 2 aromatic carbocycles. The Balaban J connectivity index is 2.38. The number of benzene rings is 2. The molecule has 0 aliphatic rings. The maximum absolute atomic E-state index is 11.1. The summed E-state index contributed by atoms with van der Waals surface area (Å²) in [5.41, 5.74) is 3.12. The standard InChI is InChI=1S/C21H22ClN3O4/c1-21(2,3)14-7-6-11(23-20(26)27)8-12(14)18-13-9-16(28-4)17(29-5)10-15(13)24-19(22)25-18/h6-10,23H,1-5H3,(H,26,27). The van der Waals surface area contributed by atoms with Gasteiger partial charge in [-0.2, -0.15) is 0 Å². The summed E-state index contributed by atoms with van der Waals surface area (Å²) in [5.74, 6) is 1.06. The van der Waals surface area contributed by atoms with E-state index in [0.29, 0.717) is 33.8 Å². The van der Waals surface area contributed by atoms with Crippen molar-refractivity contribution in [2.45, 2.75) is 26.2 Å². The average molecular weight is 416 g/mol. The van der Waals surface area contributed by atoms with E-state index in [-0.39, 0.29) is 10.7 Å². The van der Waals surface area contributed by atoms with Gasteiger partial charge >= 0.3 is 6.09 Å². The van der Waals surface area contributed by atoms with Crippen LogP contribution in [0.15, 0.2) is 30.3 Å². The first-order chi connectivity index (χ1) is 13.6. The van der Waals surface area contributed by atoms with Crippen LogP contribution in [0.3, 0.4) is 0 Å². The number of aromatic nitrogens is 2. The molecule has 1 aromatic heterocycles. The van der Waals surface area contributed by atoms with Crippen LogP contribution in [0, 0.1) is 0 Å². The minimum atomic E-state index is -1.14. The minimum Gasteiger partial charge on any atom is -0.493 e. The molecule has 3 aromatic rings. The summed E-state index contributed by atoms with van der Waals surface area (Å²) in [7, 11) is 3.10. The molecule has 3 rings (SSSR count). The summed E-state index contributed by atoms with van der Waals surface area (Å²) in [4.78, 5) is 19.9. The number of fused-ring (bicyclic) bond motifs is 1. The summed E-state index contributed by atoms with van der Waals surface area (Å²) < 4.78 is 10.8. The smallest absolute Gasteiger partial charge is 0.409 e. The zero-order valence-corrected chi connectivity index (χ0v) is 17.6. The van der Waals surface area contributed by atoms with Gasteiger partial charge in [-0.3, -0.25) is 5.32 Å². The normalized spacial score (nSPS) is 11.4. The van der Waals surface area contributed by atoms with Crippen molar-refractivity contribution >= 4 is 34.3 Å². The molecule has 152 valence electrons. The lowest BCUT2D eigenvalue weighted by molar-refractivity contribution is 0.210. The number of methoxy groups -OCH3 is 2. The number of halogens is 1. The lowest BCUT2D eigenvalue weighted by atomic mass is 9.82. The fourth-order valence-corrected chi connectivity index (χ4v) is 3.40. The van der Waals surface area contributed by atoms with E-state index in [9.17, 15) is 4.79 Å². The highest BCUT2D eigenvalue weighted by Crippen LogP contribution is 2.40. The molecule has 0 aliphatic heterocycles. The van der Waals surface area contributed by atoms with Gasteiger partial charge in [-0.15, -0.1) is 0 Å². The van der Waals surface area contributed by atoms with Crippen LogP contribution in [0.2, 0.25) is 5.28 Å². The Morgan fingerprint density at radius 1 is 1.07 bits per heavy atom. The molecule has 0 atom stereocenters. The van der Waals surface area contributed by atoms with Crippen LogP contribution in [0.5, 0.6) is 11.5 Å². The van der Waals surface area contributed by atoms with Crippen molar-refractivity contribution in [1.29, 1.82) is 0 Å². The van der Waals surface area contributed by atoms with Gasteiger partial charge in [0, 0.05) is 22.7 Å². The Morgan fingerprint density at radius 3 is 2.31 bits per heavy atom. The van der Waals surface area contributed by atoms with Crippen molar-refractivity contribution in [1.82, 2.24) is 9.97 Å². The second-order valence-corrected chi connectivity index (χ2v) is 7.84. The Kier molecular flexibility index (Phi) is 5.53. The van der Waals surface area contributed by atoms with Crippen molar-refractivity contribution < 1.29 is 19.4 Å². The van der Waals surface area contributed by atoms with E-state index in [2.05, 4.69) is 36.1 Å². The number of ether oxygens (including phenoxy) is 2. The van der Waals surface area contributed by atoms with E-state index in [1.807, 2.05) is 6.07 Å². The van der Waals surface area contributed by atoms with Crippen LogP contribution in [-0.2, 0) is 5.41 Å². The molecule has 7 nitrogen and oxygen atoms in total. The summed E-state index contributed by atoms with van der Waals surface area (Å²) in [5, 5.41) is 12.3. The van der Waals surface area contributed by atoms with E-state index < -0.39 is 6.09 Å². The minimum absolute atomic E-state index is 0.0798. The van der Waals surface area contributed by atoms with E-state index in [1.165, 1.54) is 0 Å². The van der Waals surface area contributed by atoms with E-state index in [4.69, 9.17) is 26.2 Å². The Hall–Kier alpha value is -3.06. The van der Waals surface area contributed by atoms with Crippen molar-refractivity contribution in [2.24, 2.45) is 0 Å². The van der Waals surface area contributed by atoms with Crippen molar-refractivity contribution in [3.05, 3.63) is 41.2 Å². The molecule has 29 heavy (non-hydrogen) atoms. The fourth-order valence-electron chi connectivity index (χ4n) is 3.23. The highest BCUT2D eigenvalue weighted by Gasteiger charge is 2.23. The summed E-state index contributed by atoms with van der Waals surface area (Å²) in [6, 6.07) is 8.91. The molecule has 0 saturated heterocycles. The molecule has 0 fully saturated rings. The van der Waals surface area contributed by atoms with Gasteiger partial charge in [0.2, 0.25) is 5.28 Å². The molecule has 0 aliphatic carbocycles. The summed E-state index contributed by atoms with van der Waals surface area (Å²) in [6.45, 7) is 6.22. The third kappa shape index (κ3) is 4.19. The van der Waals surface area contributed by atoms with Gasteiger partial charge in [0.25, 0.3) is 0 Å². The molecule has 0 bridgehead atoms. The maximum atomic E-state index is 11.1. The average Bonchev–Trinajstić information content (AvgIpc) is 2.64. The molecule has 1 heterocycles. The number of nitrogens with zero attached hydrogens (tertiary/aromatic N) is 2. The van der Waals surface area contributed by atoms with Crippen LogP contribution < -0.4 is 14.8 Å². The number of hydrogen-bond donors (Lipinski definition) is 2. The molecular weight excluding hydrogens is 394 g/mol. The van der Waals surface area contributed by atoms with Gasteiger partial charge in [0.15, 0.2) is 11.5 Å². The van der Waals surface area contributed by atoms with Gasteiger partial charge in [-0.05, 0) is 40.8 Å².